The third-order valence-corrected chi connectivity index (χ3v) is 5.51. The van der Waals surface area contributed by atoms with Gasteiger partial charge in [-0.25, -0.2) is 4.68 Å². The highest BCUT2D eigenvalue weighted by molar-refractivity contribution is 7.99. The molecule has 146 valence electrons. The van der Waals surface area contributed by atoms with Gasteiger partial charge in [0.05, 0.1) is 10.8 Å². The molecule has 4 rings (SSSR count). The van der Waals surface area contributed by atoms with Gasteiger partial charge in [0.1, 0.15) is 0 Å². The number of thioether (sulfide) groups is 1. The molecule has 0 saturated carbocycles. The van der Waals surface area contributed by atoms with Crippen LogP contribution in [-0.4, -0.2) is 31.2 Å². The number of aromatic nitrogens is 4. The van der Waals surface area contributed by atoms with E-state index in [1.54, 1.807) is 30.3 Å². The van der Waals surface area contributed by atoms with E-state index in [4.69, 9.17) is 23.2 Å². The van der Waals surface area contributed by atoms with E-state index in [1.165, 1.54) is 11.8 Å². The first-order valence-corrected chi connectivity index (χ1v) is 10.4. The Labute approximate surface area is 181 Å². The lowest BCUT2D eigenvalue weighted by molar-refractivity contribution is -0.113. The van der Waals surface area contributed by atoms with Crippen molar-refractivity contribution in [1.82, 2.24) is 19.5 Å². The van der Waals surface area contributed by atoms with E-state index >= 15 is 0 Å². The summed E-state index contributed by atoms with van der Waals surface area (Å²) in [5.74, 6) is 0.607. The van der Waals surface area contributed by atoms with Gasteiger partial charge in [0.15, 0.2) is 5.82 Å². The van der Waals surface area contributed by atoms with Crippen molar-refractivity contribution in [3.8, 4) is 11.4 Å². The Balaban J connectivity index is 1.57. The minimum Gasteiger partial charge on any atom is -0.325 e. The molecule has 1 N–H and O–H groups in total. The summed E-state index contributed by atoms with van der Waals surface area (Å²) in [7, 11) is 0. The summed E-state index contributed by atoms with van der Waals surface area (Å²) >= 11 is 13.5. The first kappa shape index (κ1) is 19.6. The summed E-state index contributed by atoms with van der Waals surface area (Å²) in [4.78, 5) is 12.3. The van der Waals surface area contributed by atoms with Gasteiger partial charge in [-0.3, -0.25) is 9.47 Å². The molecule has 4 aromatic rings. The molecule has 0 aliphatic carbocycles. The van der Waals surface area contributed by atoms with E-state index in [1.807, 2.05) is 52.1 Å². The minimum absolute atomic E-state index is 0.154. The van der Waals surface area contributed by atoms with Crippen LogP contribution in [0.4, 0.5) is 5.69 Å². The molecule has 0 atom stereocenters. The Bertz CT molecular complexity index is 1130. The predicted molar refractivity (Wildman–Crippen MR) is 117 cm³/mol. The molecule has 0 saturated heterocycles. The number of carbonyl (C=O) groups excluding carboxylic acids is 1. The Morgan fingerprint density at radius 3 is 2.41 bits per heavy atom. The fraction of sp³-hybridized carbons (Fsp3) is 0.0500. The highest BCUT2D eigenvalue weighted by Crippen LogP contribution is 2.29. The van der Waals surface area contributed by atoms with E-state index in [0.29, 0.717) is 26.7 Å². The molecule has 6 nitrogen and oxygen atoms in total. The number of nitrogens with zero attached hydrogens (tertiary/aromatic N) is 4. The molecule has 0 radical (unpaired) electrons. The third kappa shape index (κ3) is 4.48. The molecule has 0 unspecified atom stereocenters. The second-order valence-electron chi connectivity index (χ2n) is 6.00. The minimum atomic E-state index is -0.154. The maximum Gasteiger partial charge on any atom is 0.234 e. The van der Waals surface area contributed by atoms with Crippen LogP contribution in [0.1, 0.15) is 0 Å². The fourth-order valence-electron chi connectivity index (χ4n) is 2.69. The number of halogens is 2. The molecule has 0 aliphatic heterocycles. The van der Waals surface area contributed by atoms with Crippen LogP contribution in [0.15, 0.2) is 78.2 Å². The van der Waals surface area contributed by atoms with Crippen molar-refractivity contribution in [3.05, 3.63) is 83.1 Å². The number of carbonyl (C=O) groups is 1. The van der Waals surface area contributed by atoms with Gasteiger partial charge in [0.2, 0.25) is 11.1 Å². The van der Waals surface area contributed by atoms with Crippen LogP contribution in [0.3, 0.4) is 0 Å². The average Bonchev–Trinajstić information content (AvgIpc) is 3.38. The number of nitrogens with one attached hydrogen (secondary N) is 1. The molecule has 29 heavy (non-hydrogen) atoms. The van der Waals surface area contributed by atoms with Crippen molar-refractivity contribution in [2.24, 2.45) is 0 Å². The average molecular weight is 444 g/mol. The van der Waals surface area contributed by atoms with Crippen LogP contribution in [0, 0.1) is 0 Å². The summed E-state index contributed by atoms with van der Waals surface area (Å²) in [6.45, 7) is 0. The van der Waals surface area contributed by atoms with Crippen molar-refractivity contribution in [1.29, 1.82) is 0 Å². The maximum absolute atomic E-state index is 12.3. The topological polar surface area (TPSA) is 64.7 Å². The lowest BCUT2D eigenvalue weighted by atomic mass is 10.2. The largest absolute Gasteiger partial charge is 0.325 e. The van der Waals surface area contributed by atoms with Crippen LogP contribution >= 0.6 is 35.0 Å². The van der Waals surface area contributed by atoms with Gasteiger partial charge in [-0.1, -0.05) is 47.1 Å². The van der Waals surface area contributed by atoms with Gasteiger partial charge in [0, 0.05) is 28.7 Å². The van der Waals surface area contributed by atoms with E-state index in [9.17, 15) is 4.79 Å². The molecule has 2 aromatic carbocycles. The van der Waals surface area contributed by atoms with Crippen LogP contribution < -0.4 is 5.32 Å². The van der Waals surface area contributed by atoms with Gasteiger partial charge in [0.25, 0.3) is 0 Å². The smallest absolute Gasteiger partial charge is 0.234 e. The normalized spacial score (nSPS) is 10.8. The zero-order valence-electron chi connectivity index (χ0n) is 15.0. The molecule has 2 heterocycles. The summed E-state index contributed by atoms with van der Waals surface area (Å²) in [6.07, 6.45) is 3.75. The Morgan fingerprint density at radius 1 is 0.966 bits per heavy atom. The number of anilines is 1. The van der Waals surface area contributed by atoms with Gasteiger partial charge >= 0.3 is 0 Å². The second-order valence-corrected chi connectivity index (χ2v) is 7.79. The van der Waals surface area contributed by atoms with Crippen LogP contribution in [0.25, 0.3) is 11.4 Å². The summed E-state index contributed by atoms with van der Waals surface area (Å²) in [5, 5.41) is 13.2. The van der Waals surface area contributed by atoms with Gasteiger partial charge in [-0.05, 0) is 48.5 Å². The monoisotopic (exact) mass is 443 g/mol. The van der Waals surface area contributed by atoms with Crippen LogP contribution in [0.5, 0.6) is 0 Å². The van der Waals surface area contributed by atoms with Crippen LogP contribution in [-0.2, 0) is 4.79 Å². The summed E-state index contributed by atoms with van der Waals surface area (Å²) in [5.41, 5.74) is 1.44. The summed E-state index contributed by atoms with van der Waals surface area (Å²) in [6, 6.07) is 18.2. The molecule has 2 aromatic heterocycles. The van der Waals surface area contributed by atoms with Crippen molar-refractivity contribution < 1.29 is 4.79 Å². The van der Waals surface area contributed by atoms with E-state index in [0.717, 1.165) is 5.56 Å². The molecular formula is C20H15Cl2N5OS. The standard InChI is InChI=1S/C20H15Cl2N5OS/c21-14-7-9-15(10-8-14)23-18(28)13-29-20-25-24-19(16-5-1-2-6-17(16)22)27(20)26-11-3-4-12-26/h1-12H,13H2,(H,23,28). The van der Waals surface area contributed by atoms with Crippen LogP contribution in [0.2, 0.25) is 10.0 Å². The Hall–Kier alpha value is -2.74. The zero-order valence-corrected chi connectivity index (χ0v) is 17.3. The molecule has 0 fully saturated rings. The van der Waals surface area contributed by atoms with E-state index in [-0.39, 0.29) is 11.7 Å². The Kier molecular flexibility index (Phi) is 5.89. The van der Waals surface area contributed by atoms with Crippen molar-refractivity contribution in [2.75, 3.05) is 11.1 Å². The van der Waals surface area contributed by atoms with E-state index in [2.05, 4.69) is 15.5 Å². The first-order valence-electron chi connectivity index (χ1n) is 8.64. The molecule has 1 amide bonds. The van der Waals surface area contributed by atoms with Gasteiger partial charge in [-0.2, -0.15) is 0 Å². The number of benzene rings is 2. The molecule has 0 spiro atoms. The van der Waals surface area contributed by atoms with Crippen molar-refractivity contribution in [2.45, 2.75) is 5.16 Å². The predicted octanol–water partition coefficient (Wildman–Crippen LogP) is 5.10. The van der Waals surface area contributed by atoms with Gasteiger partial charge < -0.3 is 5.32 Å². The molecule has 0 bridgehead atoms. The lowest BCUT2D eigenvalue weighted by Crippen LogP contribution is -2.15. The number of hydrogen-bond acceptors (Lipinski definition) is 4. The van der Waals surface area contributed by atoms with E-state index < -0.39 is 0 Å². The zero-order chi connectivity index (χ0) is 20.2. The first-order chi connectivity index (χ1) is 14.1. The third-order valence-electron chi connectivity index (χ3n) is 4.01. The van der Waals surface area contributed by atoms with Gasteiger partial charge in [-0.15, -0.1) is 10.2 Å². The fourth-order valence-corrected chi connectivity index (χ4v) is 3.77. The summed E-state index contributed by atoms with van der Waals surface area (Å²) < 4.78 is 3.67. The molecule has 9 heteroatoms. The number of hydrogen-bond donors (Lipinski definition) is 1. The second kappa shape index (κ2) is 8.73. The van der Waals surface area contributed by atoms with Crippen molar-refractivity contribution in [3.63, 3.8) is 0 Å². The highest BCUT2D eigenvalue weighted by Gasteiger charge is 2.18. The maximum atomic E-state index is 12.3. The quantitative estimate of drug-likeness (QED) is 0.421. The SMILES string of the molecule is O=C(CSc1nnc(-c2ccccc2Cl)n1-n1cccc1)Nc1ccc(Cl)cc1. The lowest BCUT2D eigenvalue weighted by Gasteiger charge is -2.12. The molecular weight excluding hydrogens is 429 g/mol. The number of amides is 1. The Morgan fingerprint density at radius 2 is 1.69 bits per heavy atom. The molecule has 0 aliphatic rings. The van der Waals surface area contributed by atoms with Crippen molar-refractivity contribution >= 4 is 46.6 Å². The highest BCUT2D eigenvalue weighted by atomic mass is 35.5. The number of rotatable bonds is 6.